The molecule has 5 heteroatoms. The van der Waals surface area contributed by atoms with Gasteiger partial charge < -0.3 is 0 Å². The van der Waals surface area contributed by atoms with E-state index in [0.717, 1.165) is 20.9 Å². The van der Waals surface area contributed by atoms with Crippen molar-refractivity contribution in [2.24, 2.45) is 0 Å². The lowest BCUT2D eigenvalue weighted by Crippen LogP contribution is -1.97. The smallest absolute Gasteiger partial charge is 0.175 e. The Kier molecular flexibility index (Phi) is 3.16. The molecule has 1 aromatic carbocycles. The van der Waals surface area contributed by atoms with Crippen molar-refractivity contribution in [1.29, 1.82) is 0 Å². The first-order chi connectivity index (χ1) is 7.52. The van der Waals surface area contributed by atoms with Crippen LogP contribution in [-0.2, 0) is 14.3 Å². The van der Waals surface area contributed by atoms with E-state index in [4.69, 9.17) is 0 Å². The normalized spacial score (nSPS) is 11.9. The zero-order valence-electron chi connectivity index (χ0n) is 8.64. The zero-order valence-corrected chi connectivity index (χ0v) is 11.6. The molecule has 0 aliphatic rings. The molecular formula is C11H10INO2S. The molecule has 0 fully saturated rings. The van der Waals surface area contributed by atoms with E-state index in [0.29, 0.717) is 4.90 Å². The highest BCUT2D eigenvalue weighted by molar-refractivity contribution is 14.1. The van der Waals surface area contributed by atoms with Crippen LogP contribution in [0.1, 0.15) is 5.56 Å². The van der Waals surface area contributed by atoms with Crippen molar-refractivity contribution < 1.29 is 8.42 Å². The minimum atomic E-state index is -3.15. The molecule has 0 aliphatic carbocycles. The van der Waals surface area contributed by atoms with Crippen molar-refractivity contribution in [2.45, 2.75) is 9.32 Å². The van der Waals surface area contributed by atoms with E-state index in [1.165, 1.54) is 6.26 Å². The van der Waals surface area contributed by atoms with Gasteiger partial charge in [0.05, 0.1) is 10.4 Å². The van der Waals surface area contributed by atoms with Gasteiger partial charge in [0.15, 0.2) is 9.84 Å². The van der Waals surface area contributed by atoms with Gasteiger partial charge in [-0.15, -0.1) is 0 Å². The number of rotatable bonds is 2. The molecule has 0 amide bonds. The summed E-state index contributed by atoms with van der Waals surface area (Å²) in [6, 6.07) is 6.97. The molecule has 0 saturated heterocycles. The lowest BCUT2D eigenvalue weighted by molar-refractivity contribution is 0.602. The van der Waals surface area contributed by atoms with Gasteiger partial charge in [-0.1, -0.05) is 22.6 Å². The topological polar surface area (TPSA) is 47.0 Å². The molecule has 0 bridgehead atoms. The fourth-order valence-electron chi connectivity index (χ4n) is 1.53. The molecule has 1 heterocycles. The van der Waals surface area contributed by atoms with Crippen LogP contribution in [0.25, 0.3) is 10.9 Å². The number of fused-ring (bicyclic) bond motifs is 1. The predicted molar refractivity (Wildman–Crippen MR) is 72.6 cm³/mol. The van der Waals surface area contributed by atoms with Gasteiger partial charge in [-0.3, -0.25) is 4.98 Å². The molecule has 2 rings (SSSR count). The quantitative estimate of drug-likeness (QED) is 0.620. The van der Waals surface area contributed by atoms with Crippen molar-refractivity contribution in [2.75, 3.05) is 6.26 Å². The summed E-state index contributed by atoms with van der Waals surface area (Å²) in [5, 5.41) is 0.917. The average Bonchev–Trinajstić information content (AvgIpc) is 2.26. The average molecular weight is 347 g/mol. The number of hydrogen-bond donors (Lipinski definition) is 0. The molecule has 0 N–H and O–H groups in total. The maximum Gasteiger partial charge on any atom is 0.175 e. The van der Waals surface area contributed by atoms with Crippen molar-refractivity contribution in [1.82, 2.24) is 4.98 Å². The second kappa shape index (κ2) is 4.29. The van der Waals surface area contributed by atoms with E-state index in [2.05, 4.69) is 27.6 Å². The molecule has 2 aromatic rings. The Morgan fingerprint density at radius 3 is 2.69 bits per heavy atom. The summed E-state index contributed by atoms with van der Waals surface area (Å²) in [6.07, 6.45) is 2.96. The second-order valence-corrected chi connectivity index (χ2v) is 6.33. The van der Waals surface area contributed by atoms with Crippen LogP contribution < -0.4 is 0 Å². The van der Waals surface area contributed by atoms with E-state index in [1.54, 1.807) is 24.4 Å². The number of aromatic nitrogens is 1. The number of benzene rings is 1. The standard InChI is InChI=1S/C11H10INO2S/c1-16(14,15)9-2-3-11-10(6-9)8(7-12)4-5-13-11/h2-6H,7H2,1H3. The monoisotopic (exact) mass is 347 g/mol. The lowest BCUT2D eigenvalue weighted by atomic mass is 10.1. The molecule has 3 nitrogen and oxygen atoms in total. The summed E-state index contributed by atoms with van der Waals surface area (Å²) in [5.41, 5.74) is 1.94. The summed E-state index contributed by atoms with van der Waals surface area (Å²) in [6.45, 7) is 0. The highest BCUT2D eigenvalue weighted by atomic mass is 127. The Bertz CT molecular complexity index is 637. The highest BCUT2D eigenvalue weighted by Crippen LogP contribution is 2.22. The predicted octanol–water partition coefficient (Wildman–Crippen LogP) is 2.57. The number of pyridine rings is 1. The third kappa shape index (κ3) is 2.20. The molecule has 0 saturated carbocycles. The van der Waals surface area contributed by atoms with Gasteiger partial charge in [-0.25, -0.2) is 8.42 Å². The fourth-order valence-corrected chi connectivity index (χ4v) is 2.84. The number of alkyl halides is 1. The first-order valence-electron chi connectivity index (χ1n) is 4.66. The Hall–Kier alpha value is -0.690. The Morgan fingerprint density at radius 1 is 1.31 bits per heavy atom. The minimum Gasteiger partial charge on any atom is -0.256 e. The first kappa shape index (κ1) is 11.8. The minimum absolute atomic E-state index is 0.346. The number of halogens is 1. The molecule has 1 aromatic heterocycles. The van der Waals surface area contributed by atoms with E-state index < -0.39 is 9.84 Å². The summed E-state index contributed by atoms with van der Waals surface area (Å²) < 4.78 is 23.7. The molecule has 0 aliphatic heterocycles. The van der Waals surface area contributed by atoms with Crippen molar-refractivity contribution >= 4 is 43.3 Å². The van der Waals surface area contributed by atoms with Crippen molar-refractivity contribution in [3.63, 3.8) is 0 Å². The van der Waals surface area contributed by atoms with Crippen LogP contribution in [0.5, 0.6) is 0 Å². The largest absolute Gasteiger partial charge is 0.256 e. The van der Waals surface area contributed by atoms with Gasteiger partial charge in [-0.05, 0) is 29.8 Å². The van der Waals surface area contributed by atoms with Crippen LogP contribution in [0, 0.1) is 0 Å². The summed E-state index contributed by atoms with van der Waals surface area (Å²) in [5.74, 6) is 0. The Labute approximate surface area is 108 Å². The van der Waals surface area contributed by atoms with Crippen molar-refractivity contribution in [3.8, 4) is 0 Å². The molecule has 0 atom stereocenters. The van der Waals surface area contributed by atoms with Gasteiger partial charge in [0.2, 0.25) is 0 Å². The summed E-state index contributed by atoms with van der Waals surface area (Å²) in [4.78, 5) is 4.56. The molecule has 0 spiro atoms. The van der Waals surface area contributed by atoms with E-state index in [-0.39, 0.29) is 0 Å². The number of sulfone groups is 1. The van der Waals surface area contributed by atoms with Gasteiger partial charge in [0.25, 0.3) is 0 Å². The van der Waals surface area contributed by atoms with Crippen LogP contribution in [-0.4, -0.2) is 19.7 Å². The van der Waals surface area contributed by atoms with Crippen LogP contribution >= 0.6 is 22.6 Å². The SMILES string of the molecule is CS(=O)(=O)c1ccc2nccc(CI)c2c1. The fraction of sp³-hybridized carbons (Fsp3) is 0.182. The van der Waals surface area contributed by atoms with Crippen LogP contribution in [0.15, 0.2) is 35.4 Å². The summed E-state index contributed by atoms with van der Waals surface area (Å²) >= 11 is 2.26. The Balaban J connectivity index is 2.78. The third-order valence-corrected chi connectivity index (χ3v) is 4.31. The van der Waals surface area contributed by atoms with E-state index >= 15 is 0 Å². The van der Waals surface area contributed by atoms with Gasteiger partial charge in [0.1, 0.15) is 0 Å². The highest BCUT2D eigenvalue weighted by Gasteiger charge is 2.09. The molecular weight excluding hydrogens is 337 g/mol. The van der Waals surface area contributed by atoms with Gasteiger partial charge >= 0.3 is 0 Å². The second-order valence-electron chi connectivity index (χ2n) is 3.55. The van der Waals surface area contributed by atoms with Crippen LogP contribution in [0.2, 0.25) is 0 Å². The van der Waals surface area contributed by atoms with E-state index in [9.17, 15) is 8.42 Å². The number of nitrogens with zero attached hydrogens (tertiary/aromatic N) is 1. The van der Waals surface area contributed by atoms with E-state index in [1.807, 2.05) is 6.07 Å². The van der Waals surface area contributed by atoms with Crippen LogP contribution in [0.3, 0.4) is 0 Å². The maximum absolute atomic E-state index is 11.5. The molecule has 0 radical (unpaired) electrons. The maximum atomic E-state index is 11.5. The lowest BCUT2D eigenvalue weighted by Gasteiger charge is -2.04. The number of hydrogen-bond acceptors (Lipinski definition) is 3. The van der Waals surface area contributed by atoms with Crippen LogP contribution in [0.4, 0.5) is 0 Å². The van der Waals surface area contributed by atoms with Gasteiger partial charge in [0, 0.05) is 22.3 Å². The van der Waals surface area contributed by atoms with Crippen molar-refractivity contribution in [3.05, 3.63) is 36.0 Å². The van der Waals surface area contributed by atoms with Gasteiger partial charge in [-0.2, -0.15) is 0 Å². The Morgan fingerprint density at radius 2 is 2.06 bits per heavy atom. The molecule has 0 unspecified atom stereocenters. The zero-order chi connectivity index (χ0) is 11.8. The molecule has 84 valence electrons. The molecule has 16 heavy (non-hydrogen) atoms. The first-order valence-corrected chi connectivity index (χ1v) is 8.08. The summed E-state index contributed by atoms with van der Waals surface area (Å²) in [7, 11) is -3.15. The third-order valence-electron chi connectivity index (χ3n) is 2.38.